The number of hydrogen-bond donors (Lipinski definition) is 1. The quantitative estimate of drug-likeness (QED) is 0.752. The third kappa shape index (κ3) is 2.07. The van der Waals surface area contributed by atoms with Gasteiger partial charge < -0.3 is 13.9 Å². The second kappa shape index (κ2) is 4.46. The predicted octanol–water partition coefficient (Wildman–Crippen LogP) is 4.52. The Balaban J connectivity index is 2.03. The molecule has 0 aliphatic carbocycles. The van der Waals surface area contributed by atoms with E-state index in [9.17, 15) is 5.11 Å². The van der Waals surface area contributed by atoms with E-state index in [0.29, 0.717) is 26.8 Å². The zero-order chi connectivity index (χ0) is 12.7. The number of benzene rings is 1. The summed E-state index contributed by atoms with van der Waals surface area (Å²) in [5.74, 6) is 0.848. The first-order valence-corrected chi connectivity index (χ1v) is 6.43. The van der Waals surface area contributed by atoms with Crippen LogP contribution < -0.4 is 0 Å². The number of rotatable bonds is 2. The third-order valence-corrected chi connectivity index (χ3v) is 3.29. The van der Waals surface area contributed by atoms with Gasteiger partial charge in [0, 0.05) is 10.4 Å². The Labute approximate surface area is 116 Å². The van der Waals surface area contributed by atoms with Gasteiger partial charge in [-0.3, -0.25) is 0 Å². The van der Waals surface area contributed by atoms with Crippen molar-refractivity contribution in [3.8, 4) is 0 Å². The molecule has 92 valence electrons. The van der Waals surface area contributed by atoms with Gasteiger partial charge in [-0.15, -0.1) is 0 Å². The van der Waals surface area contributed by atoms with Gasteiger partial charge >= 0.3 is 0 Å². The van der Waals surface area contributed by atoms with Gasteiger partial charge in [-0.2, -0.15) is 0 Å². The third-order valence-electron chi connectivity index (χ3n) is 2.63. The molecule has 1 atom stereocenters. The minimum atomic E-state index is -0.928. The van der Waals surface area contributed by atoms with E-state index in [1.165, 1.54) is 0 Å². The molecule has 0 spiro atoms. The molecule has 3 nitrogen and oxygen atoms in total. The molecule has 1 N–H and O–H groups in total. The number of halogens is 2. The van der Waals surface area contributed by atoms with Crippen molar-refractivity contribution in [2.45, 2.75) is 6.10 Å². The van der Waals surface area contributed by atoms with Crippen LogP contribution in [0.2, 0.25) is 5.02 Å². The Morgan fingerprint density at radius 3 is 2.61 bits per heavy atom. The van der Waals surface area contributed by atoms with Crippen molar-refractivity contribution < 1.29 is 13.9 Å². The van der Waals surface area contributed by atoms with E-state index < -0.39 is 6.10 Å². The smallest absolute Gasteiger partial charge is 0.169 e. The fourth-order valence-corrected chi connectivity index (χ4v) is 2.28. The van der Waals surface area contributed by atoms with Crippen LogP contribution in [0.3, 0.4) is 0 Å². The first kappa shape index (κ1) is 11.8. The number of furan rings is 2. The first-order valence-electron chi connectivity index (χ1n) is 5.26. The van der Waals surface area contributed by atoms with E-state index in [4.69, 9.17) is 20.4 Å². The highest BCUT2D eigenvalue weighted by atomic mass is 79.9. The predicted molar refractivity (Wildman–Crippen MR) is 71.7 cm³/mol. The van der Waals surface area contributed by atoms with Crippen molar-refractivity contribution in [2.24, 2.45) is 0 Å². The molecule has 0 fully saturated rings. The number of fused-ring (bicyclic) bond motifs is 1. The topological polar surface area (TPSA) is 46.5 Å². The lowest BCUT2D eigenvalue weighted by Gasteiger charge is -2.02. The highest BCUT2D eigenvalue weighted by molar-refractivity contribution is 9.10. The van der Waals surface area contributed by atoms with Crippen LogP contribution in [-0.2, 0) is 0 Å². The second-order valence-corrected chi connectivity index (χ2v) is 5.09. The highest BCUT2D eigenvalue weighted by Gasteiger charge is 2.19. The van der Waals surface area contributed by atoms with Gasteiger partial charge in [0.05, 0.1) is 0 Å². The summed E-state index contributed by atoms with van der Waals surface area (Å²) in [4.78, 5) is 0. The summed E-state index contributed by atoms with van der Waals surface area (Å²) in [7, 11) is 0. The molecule has 2 heterocycles. The van der Waals surface area contributed by atoms with E-state index in [1.54, 1.807) is 36.4 Å². The van der Waals surface area contributed by atoms with Gasteiger partial charge in [0.15, 0.2) is 10.8 Å². The molecule has 5 heteroatoms. The molecule has 1 unspecified atom stereocenters. The lowest BCUT2D eigenvalue weighted by atomic mass is 10.2. The Morgan fingerprint density at radius 1 is 1.06 bits per heavy atom. The van der Waals surface area contributed by atoms with Gasteiger partial charge in [0.1, 0.15) is 17.1 Å². The van der Waals surface area contributed by atoms with E-state index in [1.807, 2.05) is 0 Å². The highest BCUT2D eigenvalue weighted by Crippen LogP contribution is 2.31. The van der Waals surface area contributed by atoms with Gasteiger partial charge in [0.25, 0.3) is 0 Å². The molecule has 3 rings (SSSR count). The molecule has 18 heavy (non-hydrogen) atoms. The molecule has 0 amide bonds. The molecule has 0 aliphatic heterocycles. The monoisotopic (exact) mass is 326 g/mol. The van der Waals surface area contributed by atoms with Crippen LogP contribution in [0.1, 0.15) is 17.6 Å². The summed E-state index contributed by atoms with van der Waals surface area (Å²) in [6, 6.07) is 10.5. The van der Waals surface area contributed by atoms with Crippen molar-refractivity contribution in [2.75, 3.05) is 0 Å². The van der Waals surface area contributed by atoms with Crippen molar-refractivity contribution in [1.29, 1.82) is 0 Å². The van der Waals surface area contributed by atoms with E-state index >= 15 is 0 Å². The Hall–Kier alpha value is -1.23. The molecular weight excluding hydrogens is 319 g/mol. The molecule has 3 aromatic rings. The maximum atomic E-state index is 10.1. The lowest BCUT2D eigenvalue weighted by Crippen LogP contribution is -1.95. The van der Waals surface area contributed by atoms with Crippen LogP contribution >= 0.6 is 27.5 Å². The standard InChI is InChI=1S/C13H8BrClO3/c14-12-4-3-10(18-12)13(16)11-6-7-5-8(15)1-2-9(7)17-11/h1-6,13,16H. The fourth-order valence-electron chi connectivity index (χ4n) is 1.78. The van der Waals surface area contributed by atoms with Crippen LogP contribution in [0.4, 0.5) is 0 Å². The zero-order valence-electron chi connectivity index (χ0n) is 9.06. The van der Waals surface area contributed by atoms with Crippen molar-refractivity contribution in [3.05, 3.63) is 57.6 Å². The van der Waals surface area contributed by atoms with E-state index in [0.717, 1.165) is 5.39 Å². The van der Waals surface area contributed by atoms with Crippen LogP contribution in [0.25, 0.3) is 11.0 Å². The summed E-state index contributed by atoms with van der Waals surface area (Å²) < 4.78 is 11.4. The minimum absolute atomic E-state index is 0.423. The largest absolute Gasteiger partial charge is 0.458 e. The average Bonchev–Trinajstić information content (AvgIpc) is 2.93. The average molecular weight is 328 g/mol. The normalized spacial score (nSPS) is 13.1. The summed E-state index contributed by atoms with van der Waals surface area (Å²) in [6.07, 6.45) is -0.928. The maximum absolute atomic E-state index is 10.1. The lowest BCUT2D eigenvalue weighted by molar-refractivity contribution is 0.163. The Morgan fingerprint density at radius 2 is 1.89 bits per heavy atom. The Bertz CT molecular complexity index is 701. The first-order chi connectivity index (χ1) is 8.63. The molecule has 0 saturated heterocycles. The van der Waals surface area contributed by atoms with Crippen molar-refractivity contribution >= 4 is 38.5 Å². The second-order valence-electron chi connectivity index (χ2n) is 3.88. The molecule has 2 aromatic heterocycles. The molecular formula is C13H8BrClO3. The zero-order valence-corrected chi connectivity index (χ0v) is 11.4. The van der Waals surface area contributed by atoms with Gasteiger partial charge in [0.2, 0.25) is 0 Å². The number of hydrogen-bond acceptors (Lipinski definition) is 3. The summed E-state index contributed by atoms with van der Waals surface area (Å²) in [5.41, 5.74) is 0.680. The SMILES string of the molecule is OC(c1ccc(Br)o1)c1cc2cc(Cl)ccc2o1. The van der Waals surface area contributed by atoms with E-state index in [2.05, 4.69) is 15.9 Å². The molecule has 0 radical (unpaired) electrons. The summed E-state index contributed by atoms with van der Waals surface area (Å²) in [6.45, 7) is 0. The Kier molecular flexibility index (Phi) is 2.93. The van der Waals surface area contributed by atoms with Crippen LogP contribution in [-0.4, -0.2) is 5.11 Å². The maximum Gasteiger partial charge on any atom is 0.169 e. The van der Waals surface area contributed by atoms with Gasteiger partial charge in [-0.25, -0.2) is 0 Å². The van der Waals surface area contributed by atoms with E-state index in [-0.39, 0.29) is 0 Å². The molecule has 0 saturated carbocycles. The van der Waals surface area contributed by atoms with Gasteiger partial charge in [-0.05, 0) is 52.3 Å². The molecule has 1 aromatic carbocycles. The number of aliphatic hydroxyl groups excluding tert-OH is 1. The van der Waals surface area contributed by atoms with Crippen molar-refractivity contribution in [1.82, 2.24) is 0 Å². The van der Waals surface area contributed by atoms with Gasteiger partial charge in [-0.1, -0.05) is 11.6 Å². The molecule has 0 aliphatic rings. The summed E-state index contributed by atoms with van der Waals surface area (Å²) >= 11 is 9.09. The fraction of sp³-hybridized carbons (Fsp3) is 0.0769. The van der Waals surface area contributed by atoms with Crippen LogP contribution in [0.5, 0.6) is 0 Å². The summed E-state index contributed by atoms with van der Waals surface area (Å²) in [5, 5.41) is 11.6. The van der Waals surface area contributed by atoms with Crippen LogP contribution in [0.15, 0.2) is 49.9 Å². The number of aliphatic hydroxyl groups is 1. The minimum Gasteiger partial charge on any atom is -0.458 e. The van der Waals surface area contributed by atoms with Crippen molar-refractivity contribution in [3.63, 3.8) is 0 Å². The molecule has 0 bridgehead atoms. The van der Waals surface area contributed by atoms with Crippen LogP contribution in [0, 0.1) is 0 Å².